The summed E-state index contributed by atoms with van der Waals surface area (Å²) in [6.45, 7) is -5.80. The minimum absolute atomic E-state index is 0.0213. The van der Waals surface area contributed by atoms with E-state index in [0.717, 1.165) is 12.7 Å². The average molecular weight is 678 g/mol. The Morgan fingerprint density at radius 1 is 0.886 bits per heavy atom. The number of rotatable bonds is 2. The van der Waals surface area contributed by atoms with E-state index < -0.39 is 79.5 Å². The van der Waals surface area contributed by atoms with Crippen LogP contribution in [0.25, 0.3) is 22.3 Å². The molecule has 7 heterocycles. The Kier molecular flexibility index (Phi) is 7.21. The van der Waals surface area contributed by atoms with Crippen LogP contribution in [0.5, 0.6) is 0 Å². The molecule has 3 aliphatic rings. The lowest BCUT2D eigenvalue weighted by Gasteiger charge is -2.26. The van der Waals surface area contributed by atoms with Gasteiger partial charge in [0.15, 0.2) is 47.7 Å². The Bertz CT molecular complexity index is 1900. The molecule has 0 unspecified atom stereocenters. The van der Waals surface area contributed by atoms with Crippen molar-refractivity contribution >= 4 is 63.3 Å². The predicted octanol–water partition coefficient (Wildman–Crippen LogP) is -0.0255. The predicted molar refractivity (Wildman–Crippen MR) is 146 cm³/mol. The lowest BCUT2D eigenvalue weighted by atomic mass is 10.1. The summed E-state index contributed by atoms with van der Waals surface area (Å²) in [5.74, 6) is 0.0517. The summed E-state index contributed by atoms with van der Waals surface area (Å²) in [6, 6.07) is 0. The first-order valence-corrected chi connectivity index (χ1v) is 16.8. The zero-order valence-electron chi connectivity index (χ0n) is 21.9. The third kappa shape index (κ3) is 5.06. The number of anilines is 2. The number of alkyl halides is 2. The summed E-state index contributed by atoms with van der Waals surface area (Å²) in [6.07, 6.45) is -8.92. The molecule has 0 bridgehead atoms. The van der Waals surface area contributed by atoms with Crippen LogP contribution in [0.15, 0.2) is 25.3 Å². The van der Waals surface area contributed by atoms with Crippen LogP contribution >= 0.6 is 19.0 Å². The number of halogens is 2. The van der Waals surface area contributed by atoms with E-state index >= 15 is 8.78 Å². The summed E-state index contributed by atoms with van der Waals surface area (Å²) in [4.78, 5) is 23.9. The van der Waals surface area contributed by atoms with Gasteiger partial charge in [-0.3, -0.25) is 18.2 Å². The molecule has 4 aromatic rings. The first kappa shape index (κ1) is 29.6. The molecule has 0 spiro atoms. The van der Waals surface area contributed by atoms with Crippen molar-refractivity contribution < 1.29 is 44.5 Å². The Morgan fingerprint density at radius 3 is 2.02 bits per heavy atom. The highest BCUT2D eigenvalue weighted by molar-refractivity contribution is 8.44. The van der Waals surface area contributed by atoms with Crippen LogP contribution in [0, 0.1) is 0 Å². The first-order valence-electron chi connectivity index (χ1n) is 12.7. The van der Waals surface area contributed by atoms with Gasteiger partial charge >= 0.3 is 17.1 Å². The molecule has 24 heteroatoms. The number of hydrogen-bond acceptors (Lipinski definition) is 16. The molecule has 0 aromatic carbocycles. The molecule has 0 saturated carbocycles. The minimum Gasteiger partial charge on any atom is -0.382 e. The Labute approximate surface area is 250 Å². The summed E-state index contributed by atoms with van der Waals surface area (Å²) in [5, 5.41) is 0. The number of nitrogens with zero attached hydrogens (tertiary/aromatic N) is 8. The molecular formula is C20H22F2N11O8PS2. The van der Waals surface area contributed by atoms with Gasteiger partial charge in [0, 0.05) is 6.54 Å². The molecule has 7 rings (SSSR count). The number of imidazole rings is 2. The van der Waals surface area contributed by atoms with Gasteiger partial charge in [0.1, 0.15) is 48.1 Å². The number of nitrogens with two attached hydrogens (primary N) is 2. The van der Waals surface area contributed by atoms with E-state index in [0.29, 0.717) is 0 Å². The maximum Gasteiger partial charge on any atom is 0.386 e. The van der Waals surface area contributed by atoms with Crippen LogP contribution < -0.4 is 16.2 Å². The molecule has 19 nitrogen and oxygen atoms in total. The molecule has 44 heavy (non-hydrogen) atoms. The zero-order chi connectivity index (χ0) is 31.0. The fraction of sp³-hybridized carbons (Fsp3) is 0.500. The summed E-state index contributed by atoms with van der Waals surface area (Å²) < 4.78 is 103. The Hall–Kier alpha value is -3.15. The smallest absolute Gasteiger partial charge is 0.382 e. The van der Waals surface area contributed by atoms with Crippen molar-refractivity contribution in [2.75, 3.05) is 24.6 Å². The minimum atomic E-state index is -4.73. The van der Waals surface area contributed by atoms with E-state index in [2.05, 4.69) is 46.9 Å². The second kappa shape index (κ2) is 10.7. The molecule has 3 fully saturated rings. The first-order chi connectivity index (χ1) is 20.9. The fourth-order valence-corrected chi connectivity index (χ4v) is 7.65. The normalized spacial score (nSPS) is 36.1. The molecule has 3 saturated heterocycles. The molecule has 0 amide bonds. The quantitative estimate of drug-likeness (QED) is 0.161. The van der Waals surface area contributed by atoms with Gasteiger partial charge in [-0.15, -0.1) is 0 Å². The molecule has 0 aliphatic carbocycles. The summed E-state index contributed by atoms with van der Waals surface area (Å²) in [5.41, 5.74) is 12.2. The highest BCUT2D eigenvalue weighted by atomic mass is 32.7. The summed E-state index contributed by atoms with van der Waals surface area (Å²) >= 11 is 3.96. The van der Waals surface area contributed by atoms with Crippen LogP contribution in [0.4, 0.5) is 20.4 Å². The second-order valence-corrected chi connectivity index (χ2v) is 14.1. The third-order valence-electron chi connectivity index (χ3n) is 7.21. The van der Waals surface area contributed by atoms with Crippen LogP contribution in [-0.4, -0.2) is 97.4 Å². The van der Waals surface area contributed by atoms with Crippen LogP contribution in [-0.2, 0) is 37.6 Å². The molecule has 236 valence electrons. The number of nitrogens with one attached hydrogen (secondary N) is 1. The van der Waals surface area contributed by atoms with Crippen molar-refractivity contribution in [3.63, 3.8) is 0 Å². The lowest BCUT2D eigenvalue weighted by molar-refractivity contribution is -0.0434. The standard InChI is InChI=1S/C20H22F2N11O8PS2/c21-9-13-7(38-19(9)32-5-29-11-15(23)25-3-27-17(11)32)1-31-44(35,36)41-14-8(2-37-42(34,43)40-13)39-20(10(14)22)33-6-30-12-16(24)26-4-28-18(12)33/h3-10,13-14,19-20,31H,1-2H2,(H,34,43)(H2,23,25,27)(H2,24,26,28)/t7-,8-,9-,10-,13-,14-,19-,20-,42+/m1/s1. The van der Waals surface area contributed by atoms with Gasteiger partial charge in [0.05, 0.1) is 19.3 Å². The SMILES string of the molecule is Nc1ncnc2c1ncn2[C@@H]1O[C@@H]2CNS(=O)(=O)O[C@H]3[C@@H](F)[C@H](n4cnc5c(N)ncnc54)O[C@@H]3CO[P@](=O)(S)O[C@H]2[C@H]1F. The van der Waals surface area contributed by atoms with E-state index in [-0.39, 0.29) is 34.0 Å². The number of hydrogen-bond donors (Lipinski definition) is 4. The van der Waals surface area contributed by atoms with Crippen molar-refractivity contribution in [1.82, 2.24) is 43.8 Å². The van der Waals surface area contributed by atoms with E-state index in [1.54, 1.807) is 0 Å². The largest absolute Gasteiger partial charge is 0.386 e. The molecule has 4 aromatic heterocycles. The van der Waals surface area contributed by atoms with E-state index in [9.17, 15) is 13.0 Å². The number of fused-ring (bicyclic) bond motifs is 4. The van der Waals surface area contributed by atoms with Crippen LogP contribution in [0.1, 0.15) is 12.5 Å². The molecule has 9 atom stereocenters. The molecule has 5 N–H and O–H groups in total. The molecule has 3 aliphatic heterocycles. The second-order valence-electron chi connectivity index (χ2n) is 9.88. The highest BCUT2D eigenvalue weighted by Crippen LogP contribution is 2.57. The number of ether oxygens (including phenoxy) is 2. The third-order valence-corrected chi connectivity index (χ3v) is 9.82. The Balaban J connectivity index is 1.17. The van der Waals surface area contributed by atoms with Gasteiger partial charge in [-0.05, 0) is 0 Å². The van der Waals surface area contributed by atoms with Gasteiger partial charge < -0.3 is 20.9 Å². The van der Waals surface area contributed by atoms with Crippen molar-refractivity contribution in [2.24, 2.45) is 0 Å². The van der Waals surface area contributed by atoms with Gasteiger partial charge in [-0.1, -0.05) is 12.2 Å². The number of nitrogen functional groups attached to an aromatic ring is 2. The van der Waals surface area contributed by atoms with Crippen molar-refractivity contribution in [3.05, 3.63) is 25.3 Å². The monoisotopic (exact) mass is 677 g/mol. The highest BCUT2D eigenvalue weighted by Gasteiger charge is 2.53. The maximum atomic E-state index is 15.9. The van der Waals surface area contributed by atoms with Crippen molar-refractivity contribution in [3.8, 4) is 0 Å². The lowest BCUT2D eigenvalue weighted by Crippen LogP contribution is -2.44. The van der Waals surface area contributed by atoms with E-state index in [4.69, 9.17) is 34.2 Å². The van der Waals surface area contributed by atoms with Crippen LogP contribution in [0.3, 0.4) is 0 Å². The molecular weight excluding hydrogens is 655 g/mol. The topological polar surface area (TPSA) is 249 Å². The summed E-state index contributed by atoms with van der Waals surface area (Å²) in [7, 11) is -4.73. The van der Waals surface area contributed by atoms with Gasteiger partial charge in [-0.2, -0.15) is 13.1 Å². The molecule has 0 radical (unpaired) electrons. The van der Waals surface area contributed by atoms with Crippen LogP contribution in [0.2, 0.25) is 0 Å². The van der Waals surface area contributed by atoms with E-state index in [1.807, 2.05) is 0 Å². The number of thiol groups is 1. The van der Waals surface area contributed by atoms with E-state index in [1.165, 1.54) is 21.8 Å². The Morgan fingerprint density at radius 2 is 1.43 bits per heavy atom. The van der Waals surface area contributed by atoms with Crippen molar-refractivity contribution in [2.45, 2.75) is 49.2 Å². The van der Waals surface area contributed by atoms with Gasteiger partial charge in [0.2, 0.25) is 0 Å². The van der Waals surface area contributed by atoms with Gasteiger partial charge in [0.25, 0.3) is 0 Å². The zero-order valence-corrected chi connectivity index (χ0v) is 24.5. The van der Waals surface area contributed by atoms with Crippen molar-refractivity contribution in [1.29, 1.82) is 0 Å². The van der Waals surface area contributed by atoms with Gasteiger partial charge in [-0.25, -0.2) is 47.4 Å². The number of aromatic nitrogens is 8. The maximum absolute atomic E-state index is 15.9. The fourth-order valence-electron chi connectivity index (χ4n) is 5.20. The average Bonchev–Trinajstić information content (AvgIpc) is 3.73.